The van der Waals surface area contributed by atoms with Crippen molar-refractivity contribution in [3.05, 3.63) is 41.5 Å². The summed E-state index contributed by atoms with van der Waals surface area (Å²) >= 11 is 0. The minimum absolute atomic E-state index is 0.786. The largest absolute Gasteiger partial charge is 0.481 e. The summed E-state index contributed by atoms with van der Waals surface area (Å²) in [5.41, 5.74) is 2.66. The van der Waals surface area contributed by atoms with Gasteiger partial charge in [-0.1, -0.05) is 37.3 Å². The third kappa shape index (κ3) is 2.89. The number of hydrogen-bond donors (Lipinski definition) is 1. The van der Waals surface area contributed by atoms with Crippen LogP contribution in [0.2, 0.25) is 0 Å². The van der Waals surface area contributed by atoms with E-state index >= 15 is 0 Å². The predicted molar refractivity (Wildman–Crippen MR) is 78.1 cm³/mol. The molecule has 2 rings (SSSR count). The van der Waals surface area contributed by atoms with E-state index in [0.717, 1.165) is 24.3 Å². The van der Waals surface area contributed by atoms with Gasteiger partial charge < -0.3 is 5.11 Å². The molecule has 2 nitrogen and oxygen atoms in total. The van der Waals surface area contributed by atoms with Crippen LogP contribution in [-0.2, 0) is 10.2 Å². The molecule has 1 N–H and O–H groups in total. The second-order valence-corrected chi connectivity index (χ2v) is 6.12. The van der Waals surface area contributed by atoms with Gasteiger partial charge in [-0.25, -0.2) is 0 Å². The Kier molecular flexibility index (Phi) is 3.79. The van der Waals surface area contributed by atoms with Gasteiger partial charge in [-0.2, -0.15) is 0 Å². The molecule has 19 heavy (non-hydrogen) atoms. The lowest BCUT2D eigenvalue weighted by molar-refractivity contribution is -0.142. The summed E-state index contributed by atoms with van der Waals surface area (Å²) in [7, 11) is 0. The number of carboxylic acid groups (broad SMARTS) is 1. The molecule has 1 atom stereocenters. The summed E-state index contributed by atoms with van der Waals surface area (Å²) < 4.78 is 0. The predicted octanol–water partition coefficient (Wildman–Crippen LogP) is 4.25. The Bertz CT molecular complexity index is 494. The molecule has 0 radical (unpaired) electrons. The molecular weight excluding hydrogens is 236 g/mol. The Hall–Kier alpha value is -1.57. The molecule has 0 saturated carbocycles. The highest BCUT2D eigenvalue weighted by Gasteiger charge is 2.29. The van der Waals surface area contributed by atoms with Crippen molar-refractivity contribution in [2.24, 2.45) is 5.92 Å². The van der Waals surface area contributed by atoms with Crippen LogP contribution in [0.3, 0.4) is 0 Å². The zero-order chi connectivity index (χ0) is 14.0. The molecule has 0 saturated heterocycles. The molecule has 0 fully saturated rings. The minimum Gasteiger partial charge on any atom is -0.481 e. The Morgan fingerprint density at radius 3 is 2.37 bits per heavy atom. The van der Waals surface area contributed by atoms with Crippen LogP contribution in [0.1, 0.15) is 51.2 Å². The van der Waals surface area contributed by atoms with Gasteiger partial charge in [-0.05, 0) is 55.7 Å². The second kappa shape index (κ2) is 5.20. The van der Waals surface area contributed by atoms with E-state index in [1.807, 2.05) is 12.1 Å². The zero-order valence-corrected chi connectivity index (χ0v) is 11.9. The Labute approximate surface area is 115 Å². The van der Waals surface area contributed by atoms with E-state index in [4.69, 9.17) is 0 Å². The maximum atomic E-state index is 11.2. The standard InChI is InChI=1S/C17H22O2/c1-12-4-6-13(7-5-12)14-8-10-15(11-9-14)17(2,3)16(18)19/h6,8-12H,4-5,7H2,1-3H3,(H,18,19). The Balaban J connectivity index is 2.22. The minimum atomic E-state index is -0.825. The van der Waals surface area contributed by atoms with Crippen molar-refractivity contribution in [3.8, 4) is 0 Å². The van der Waals surface area contributed by atoms with Gasteiger partial charge in [0.2, 0.25) is 0 Å². The lowest BCUT2D eigenvalue weighted by atomic mass is 9.83. The van der Waals surface area contributed by atoms with E-state index in [1.54, 1.807) is 13.8 Å². The van der Waals surface area contributed by atoms with Gasteiger partial charge >= 0.3 is 5.97 Å². The van der Waals surface area contributed by atoms with Crippen molar-refractivity contribution in [2.75, 3.05) is 0 Å². The first-order valence-corrected chi connectivity index (χ1v) is 6.94. The molecule has 1 aliphatic rings. The van der Waals surface area contributed by atoms with E-state index in [2.05, 4.69) is 25.1 Å². The molecule has 0 aliphatic heterocycles. The summed E-state index contributed by atoms with van der Waals surface area (Å²) in [6, 6.07) is 8.01. The Morgan fingerprint density at radius 2 is 1.89 bits per heavy atom. The molecule has 2 heteroatoms. The quantitative estimate of drug-likeness (QED) is 0.880. The fourth-order valence-corrected chi connectivity index (χ4v) is 2.45. The average molecular weight is 258 g/mol. The number of carboxylic acids is 1. The molecular formula is C17H22O2. The molecule has 0 aromatic heterocycles. The maximum Gasteiger partial charge on any atom is 0.313 e. The second-order valence-electron chi connectivity index (χ2n) is 6.12. The molecule has 0 heterocycles. The highest BCUT2D eigenvalue weighted by atomic mass is 16.4. The molecule has 0 bridgehead atoms. The Morgan fingerprint density at radius 1 is 1.26 bits per heavy atom. The number of allylic oxidation sites excluding steroid dienone is 2. The van der Waals surface area contributed by atoms with Crippen molar-refractivity contribution in [1.82, 2.24) is 0 Å². The van der Waals surface area contributed by atoms with E-state index < -0.39 is 11.4 Å². The van der Waals surface area contributed by atoms with Crippen LogP contribution in [0.5, 0.6) is 0 Å². The maximum absolute atomic E-state index is 11.2. The lowest BCUT2D eigenvalue weighted by Crippen LogP contribution is -2.28. The topological polar surface area (TPSA) is 37.3 Å². The molecule has 0 amide bonds. The van der Waals surface area contributed by atoms with Gasteiger partial charge in [0, 0.05) is 0 Å². The van der Waals surface area contributed by atoms with Crippen molar-refractivity contribution in [2.45, 2.75) is 45.4 Å². The fourth-order valence-electron chi connectivity index (χ4n) is 2.45. The molecule has 1 aromatic carbocycles. The van der Waals surface area contributed by atoms with E-state index in [1.165, 1.54) is 17.6 Å². The summed E-state index contributed by atoms with van der Waals surface area (Å²) in [5.74, 6) is -0.0000707. The molecule has 1 aromatic rings. The summed E-state index contributed by atoms with van der Waals surface area (Å²) in [6.45, 7) is 5.77. The van der Waals surface area contributed by atoms with E-state index in [-0.39, 0.29) is 0 Å². The van der Waals surface area contributed by atoms with Crippen LogP contribution in [0.25, 0.3) is 5.57 Å². The summed E-state index contributed by atoms with van der Waals surface area (Å²) in [6.07, 6.45) is 5.85. The molecule has 102 valence electrons. The van der Waals surface area contributed by atoms with Crippen LogP contribution in [0.15, 0.2) is 30.3 Å². The first-order valence-electron chi connectivity index (χ1n) is 6.94. The number of aliphatic carboxylic acids is 1. The van der Waals surface area contributed by atoms with Gasteiger partial charge in [-0.3, -0.25) is 4.79 Å². The number of rotatable bonds is 3. The van der Waals surface area contributed by atoms with Gasteiger partial charge in [0.15, 0.2) is 0 Å². The average Bonchev–Trinajstić information content (AvgIpc) is 2.39. The van der Waals surface area contributed by atoms with Crippen molar-refractivity contribution < 1.29 is 9.90 Å². The molecule has 1 aliphatic carbocycles. The highest BCUT2D eigenvalue weighted by Crippen LogP contribution is 2.31. The van der Waals surface area contributed by atoms with Crippen molar-refractivity contribution in [3.63, 3.8) is 0 Å². The molecule has 1 unspecified atom stereocenters. The van der Waals surface area contributed by atoms with Crippen LogP contribution in [0.4, 0.5) is 0 Å². The van der Waals surface area contributed by atoms with Crippen LogP contribution >= 0.6 is 0 Å². The van der Waals surface area contributed by atoms with Crippen LogP contribution in [0, 0.1) is 5.92 Å². The molecule has 0 spiro atoms. The monoisotopic (exact) mass is 258 g/mol. The normalized spacial score (nSPS) is 19.9. The van der Waals surface area contributed by atoms with Gasteiger partial charge in [-0.15, -0.1) is 0 Å². The van der Waals surface area contributed by atoms with E-state index in [9.17, 15) is 9.90 Å². The third-order valence-corrected chi connectivity index (χ3v) is 4.19. The summed E-state index contributed by atoms with van der Waals surface area (Å²) in [4.78, 5) is 11.2. The lowest BCUT2D eigenvalue weighted by Gasteiger charge is -2.21. The first-order chi connectivity index (χ1) is 8.91. The zero-order valence-electron chi connectivity index (χ0n) is 11.9. The van der Waals surface area contributed by atoms with Gasteiger partial charge in [0.1, 0.15) is 0 Å². The van der Waals surface area contributed by atoms with Gasteiger partial charge in [0.25, 0.3) is 0 Å². The number of carbonyl (C=O) groups is 1. The highest BCUT2D eigenvalue weighted by molar-refractivity contribution is 5.80. The van der Waals surface area contributed by atoms with Gasteiger partial charge in [0.05, 0.1) is 5.41 Å². The number of hydrogen-bond acceptors (Lipinski definition) is 1. The van der Waals surface area contributed by atoms with Crippen molar-refractivity contribution in [1.29, 1.82) is 0 Å². The van der Waals surface area contributed by atoms with Crippen molar-refractivity contribution >= 4 is 11.5 Å². The van der Waals surface area contributed by atoms with Crippen LogP contribution in [-0.4, -0.2) is 11.1 Å². The van der Waals surface area contributed by atoms with Crippen LogP contribution < -0.4 is 0 Å². The third-order valence-electron chi connectivity index (χ3n) is 4.19. The summed E-state index contributed by atoms with van der Waals surface area (Å²) in [5, 5.41) is 9.23. The SMILES string of the molecule is CC1CC=C(c2ccc(C(C)(C)C(=O)O)cc2)CC1. The number of benzene rings is 1. The van der Waals surface area contributed by atoms with E-state index in [0.29, 0.717) is 0 Å². The smallest absolute Gasteiger partial charge is 0.313 e. The fraction of sp³-hybridized carbons (Fsp3) is 0.471. The first kappa shape index (κ1) is 13.9.